The lowest BCUT2D eigenvalue weighted by molar-refractivity contribution is -0.139. The summed E-state index contributed by atoms with van der Waals surface area (Å²) in [6.07, 6.45) is 0.374. The van der Waals surface area contributed by atoms with Crippen LogP contribution in [0.4, 0.5) is 17.6 Å². The SMILES string of the molecule is Cl.Cl.Fc1cccc(C(F)(F)F)c1[C@H](C1CCCCC1)N1CCNCC1. The Labute approximate surface area is 164 Å². The highest BCUT2D eigenvalue weighted by atomic mass is 35.5. The van der Waals surface area contributed by atoms with Gasteiger partial charge in [0.05, 0.1) is 5.56 Å². The second-order valence-corrected chi connectivity index (χ2v) is 6.83. The van der Waals surface area contributed by atoms with Crippen LogP contribution in [-0.4, -0.2) is 31.1 Å². The molecule has 0 amide bonds. The van der Waals surface area contributed by atoms with E-state index in [-0.39, 0.29) is 36.3 Å². The number of nitrogens with zero attached hydrogens (tertiary/aromatic N) is 1. The van der Waals surface area contributed by atoms with Crippen LogP contribution < -0.4 is 5.32 Å². The first-order valence-corrected chi connectivity index (χ1v) is 8.79. The molecule has 8 heteroatoms. The summed E-state index contributed by atoms with van der Waals surface area (Å²) in [5, 5.41) is 3.23. The van der Waals surface area contributed by atoms with Crippen LogP contribution in [0.3, 0.4) is 0 Å². The molecule has 2 nitrogen and oxygen atoms in total. The van der Waals surface area contributed by atoms with Crippen LogP contribution in [0.25, 0.3) is 0 Å². The highest BCUT2D eigenvalue weighted by Gasteiger charge is 2.41. The molecular weight excluding hydrogens is 391 g/mol. The first-order chi connectivity index (χ1) is 11.5. The maximum absolute atomic E-state index is 14.6. The van der Waals surface area contributed by atoms with E-state index < -0.39 is 23.6 Å². The van der Waals surface area contributed by atoms with Crippen LogP contribution in [0.15, 0.2) is 18.2 Å². The van der Waals surface area contributed by atoms with Crippen LogP contribution in [0, 0.1) is 11.7 Å². The van der Waals surface area contributed by atoms with Crippen LogP contribution in [0.2, 0.25) is 0 Å². The Morgan fingerprint density at radius 1 is 1.00 bits per heavy atom. The van der Waals surface area contributed by atoms with Crippen molar-refractivity contribution >= 4 is 24.8 Å². The molecule has 0 unspecified atom stereocenters. The minimum absolute atomic E-state index is 0. The topological polar surface area (TPSA) is 15.3 Å². The summed E-state index contributed by atoms with van der Waals surface area (Å²) in [7, 11) is 0. The van der Waals surface area contributed by atoms with Gasteiger partial charge in [0.25, 0.3) is 0 Å². The number of halogens is 6. The molecule has 1 aliphatic carbocycles. The molecule has 1 aromatic carbocycles. The minimum Gasteiger partial charge on any atom is -0.314 e. The average molecular weight is 417 g/mol. The van der Waals surface area contributed by atoms with Crippen LogP contribution in [0.1, 0.15) is 49.3 Å². The van der Waals surface area contributed by atoms with Crippen molar-refractivity contribution < 1.29 is 17.6 Å². The standard InChI is InChI=1S/C18H24F4N2.2ClH/c19-15-8-4-7-14(18(20,21)22)16(15)17(13-5-2-1-3-6-13)24-11-9-23-10-12-24;;/h4,7-8,13,17,23H,1-3,5-6,9-12H2;2*1H/t17-;;/m0../s1. The lowest BCUT2D eigenvalue weighted by atomic mass is 9.78. The smallest absolute Gasteiger partial charge is 0.314 e. The molecule has 26 heavy (non-hydrogen) atoms. The number of piperazine rings is 1. The Morgan fingerprint density at radius 2 is 1.62 bits per heavy atom. The molecular formula is C18H26Cl2F4N2. The molecule has 1 saturated carbocycles. The molecule has 0 bridgehead atoms. The van der Waals surface area contributed by atoms with Gasteiger partial charge in [-0.2, -0.15) is 13.2 Å². The van der Waals surface area contributed by atoms with E-state index in [1.54, 1.807) is 0 Å². The Morgan fingerprint density at radius 3 is 2.19 bits per heavy atom. The number of alkyl halides is 3. The summed E-state index contributed by atoms with van der Waals surface area (Å²) in [6.45, 7) is 2.79. The van der Waals surface area contributed by atoms with E-state index in [1.165, 1.54) is 6.07 Å². The van der Waals surface area contributed by atoms with Crippen molar-refractivity contribution in [2.75, 3.05) is 26.2 Å². The summed E-state index contributed by atoms with van der Waals surface area (Å²) < 4.78 is 55.2. The van der Waals surface area contributed by atoms with Gasteiger partial charge in [-0.15, -0.1) is 24.8 Å². The lowest BCUT2D eigenvalue weighted by Crippen LogP contribution is -2.47. The zero-order valence-corrected chi connectivity index (χ0v) is 16.2. The van der Waals surface area contributed by atoms with Gasteiger partial charge in [0.1, 0.15) is 5.82 Å². The average Bonchev–Trinajstić information content (AvgIpc) is 2.57. The third-order valence-electron chi connectivity index (χ3n) is 5.30. The highest BCUT2D eigenvalue weighted by molar-refractivity contribution is 5.85. The Balaban J connectivity index is 0.00000169. The third-order valence-corrected chi connectivity index (χ3v) is 5.30. The second kappa shape index (κ2) is 10.1. The number of rotatable bonds is 3. The maximum Gasteiger partial charge on any atom is 0.416 e. The molecule has 0 aromatic heterocycles. The first-order valence-electron chi connectivity index (χ1n) is 8.79. The second-order valence-electron chi connectivity index (χ2n) is 6.83. The largest absolute Gasteiger partial charge is 0.416 e. The monoisotopic (exact) mass is 416 g/mol. The predicted molar refractivity (Wildman–Crippen MR) is 99.7 cm³/mol. The molecule has 2 aliphatic rings. The fourth-order valence-electron chi connectivity index (χ4n) is 4.21. The van der Waals surface area contributed by atoms with E-state index >= 15 is 0 Å². The van der Waals surface area contributed by atoms with Gasteiger partial charge in [-0.1, -0.05) is 25.3 Å². The van der Waals surface area contributed by atoms with Gasteiger partial charge >= 0.3 is 6.18 Å². The van der Waals surface area contributed by atoms with Crippen molar-refractivity contribution in [3.05, 3.63) is 35.1 Å². The van der Waals surface area contributed by atoms with Crippen molar-refractivity contribution in [2.24, 2.45) is 5.92 Å². The molecule has 150 valence electrons. The van der Waals surface area contributed by atoms with E-state index in [9.17, 15) is 17.6 Å². The lowest BCUT2D eigenvalue weighted by Gasteiger charge is -2.42. The fraction of sp³-hybridized carbons (Fsp3) is 0.667. The maximum atomic E-state index is 14.6. The molecule has 1 atom stereocenters. The Bertz CT molecular complexity index is 539. The number of nitrogens with one attached hydrogen (secondary N) is 1. The van der Waals surface area contributed by atoms with E-state index in [0.29, 0.717) is 13.1 Å². The molecule has 0 radical (unpaired) electrons. The van der Waals surface area contributed by atoms with E-state index in [2.05, 4.69) is 10.2 Å². The van der Waals surface area contributed by atoms with Gasteiger partial charge in [-0.05, 0) is 30.9 Å². The zero-order chi connectivity index (χ0) is 17.2. The molecule has 0 spiro atoms. The molecule has 3 rings (SSSR count). The molecule has 1 aromatic rings. The summed E-state index contributed by atoms with van der Waals surface area (Å²) in [5.74, 6) is -0.631. The molecule has 2 fully saturated rings. The number of benzene rings is 1. The quantitative estimate of drug-likeness (QED) is 0.679. The Kier molecular flexibility index (Phi) is 9.13. The van der Waals surface area contributed by atoms with Crippen LogP contribution in [-0.2, 0) is 6.18 Å². The van der Waals surface area contributed by atoms with Crippen molar-refractivity contribution in [3.8, 4) is 0 Å². The van der Waals surface area contributed by atoms with Crippen molar-refractivity contribution in [3.63, 3.8) is 0 Å². The first kappa shape index (κ1) is 23.5. The molecule has 1 heterocycles. The predicted octanol–water partition coefficient (Wildman–Crippen LogP) is 5.21. The molecule has 1 saturated heterocycles. The zero-order valence-electron chi connectivity index (χ0n) is 14.5. The van der Waals surface area contributed by atoms with Gasteiger partial charge in [0, 0.05) is 37.8 Å². The fourth-order valence-corrected chi connectivity index (χ4v) is 4.21. The van der Waals surface area contributed by atoms with Gasteiger partial charge in [-0.25, -0.2) is 4.39 Å². The van der Waals surface area contributed by atoms with Crippen LogP contribution >= 0.6 is 24.8 Å². The van der Waals surface area contributed by atoms with E-state index in [1.807, 2.05) is 0 Å². The third kappa shape index (κ3) is 5.24. The van der Waals surface area contributed by atoms with Crippen molar-refractivity contribution in [1.82, 2.24) is 10.2 Å². The summed E-state index contributed by atoms with van der Waals surface area (Å²) in [4.78, 5) is 2.06. The summed E-state index contributed by atoms with van der Waals surface area (Å²) >= 11 is 0. The summed E-state index contributed by atoms with van der Waals surface area (Å²) in [5.41, 5.74) is -0.949. The van der Waals surface area contributed by atoms with E-state index in [0.717, 1.165) is 57.3 Å². The van der Waals surface area contributed by atoms with Gasteiger partial charge in [-0.3, -0.25) is 4.90 Å². The minimum atomic E-state index is -4.53. The highest BCUT2D eigenvalue weighted by Crippen LogP contribution is 2.44. The number of hydrogen-bond donors (Lipinski definition) is 1. The van der Waals surface area contributed by atoms with Crippen molar-refractivity contribution in [2.45, 2.75) is 44.3 Å². The molecule has 1 aliphatic heterocycles. The summed E-state index contributed by atoms with van der Waals surface area (Å²) in [6, 6.07) is 2.88. The Hall–Kier alpha value is -0.560. The normalized spacial score (nSPS) is 20.8. The van der Waals surface area contributed by atoms with Gasteiger partial charge in [0.2, 0.25) is 0 Å². The van der Waals surface area contributed by atoms with E-state index in [4.69, 9.17) is 0 Å². The van der Waals surface area contributed by atoms with Crippen molar-refractivity contribution in [1.29, 1.82) is 0 Å². The molecule has 1 N–H and O–H groups in total. The van der Waals surface area contributed by atoms with Gasteiger partial charge < -0.3 is 5.32 Å². The van der Waals surface area contributed by atoms with Gasteiger partial charge in [0.15, 0.2) is 0 Å². The van der Waals surface area contributed by atoms with Crippen LogP contribution in [0.5, 0.6) is 0 Å². The number of hydrogen-bond acceptors (Lipinski definition) is 2.